The molecule has 1 aliphatic rings. The first-order chi connectivity index (χ1) is 7.97. The normalized spacial score (nSPS) is 15.9. The summed E-state index contributed by atoms with van der Waals surface area (Å²) in [5.41, 5.74) is -0.333. The average molecular weight is 236 g/mol. The van der Waals surface area contributed by atoms with E-state index in [1.165, 1.54) is 12.8 Å². The third-order valence-corrected chi connectivity index (χ3v) is 2.82. The molecule has 0 saturated heterocycles. The fraction of sp³-hybridized carbons (Fsp3) is 0.750. The van der Waals surface area contributed by atoms with Crippen molar-refractivity contribution in [1.29, 1.82) is 0 Å². The number of aromatic amines is 1. The maximum absolute atomic E-state index is 11.6. The molecule has 1 fully saturated rings. The third-order valence-electron chi connectivity index (χ3n) is 2.82. The van der Waals surface area contributed by atoms with E-state index in [0.717, 1.165) is 11.6 Å². The van der Waals surface area contributed by atoms with Gasteiger partial charge in [0.15, 0.2) is 5.82 Å². The Bertz CT molecular complexity index is 401. The van der Waals surface area contributed by atoms with Gasteiger partial charge in [-0.2, -0.15) is 5.10 Å². The Morgan fingerprint density at radius 3 is 2.76 bits per heavy atom. The van der Waals surface area contributed by atoms with Crippen LogP contribution in [0.25, 0.3) is 0 Å². The van der Waals surface area contributed by atoms with Crippen molar-refractivity contribution < 1.29 is 4.79 Å². The van der Waals surface area contributed by atoms with Crippen molar-refractivity contribution in [3.05, 3.63) is 11.6 Å². The summed E-state index contributed by atoms with van der Waals surface area (Å²) in [7, 11) is 0. The smallest absolute Gasteiger partial charge is 0.225 e. The van der Waals surface area contributed by atoms with Gasteiger partial charge in [-0.3, -0.25) is 9.89 Å². The molecule has 0 aliphatic heterocycles. The molecule has 1 saturated carbocycles. The Morgan fingerprint density at radius 1 is 1.47 bits per heavy atom. The van der Waals surface area contributed by atoms with Gasteiger partial charge >= 0.3 is 0 Å². The van der Waals surface area contributed by atoms with Crippen LogP contribution in [-0.4, -0.2) is 27.6 Å². The topological polar surface area (TPSA) is 70.7 Å². The molecule has 1 amide bonds. The van der Waals surface area contributed by atoms with Crippen molar-refractivity contribution >= 4 is 5.91 Å². The molecule has 5 nitrogen and oxygen atoms in total. The second-order valence-corrected chi connectivity index (χ2v) is 5.67. The van der Waals surface area contributed by atoms with Crippen LogP contribution in [-0.2, 0) is 11.2 Å². The van der Waals surface area contributed by atoms with Gasteiger partial charge in [-0.1, -0.05) is 20.8 Å². The van der Waals surface area contributed by atoms with Gasteiger partial charge in [-0.25, -0.2) is 4.98 Å². The predicted octanol–water partition coefficient (Wildman–Crippen LogP) is 1.39. The molecule has 1 aliphatic carbocycles. The monoisotopic (exact) mass is 236 g/mol. The Morgan fingerprint density at radius 2 is 2.18 bits per heavy atom. The number of nitrogens with zero attached hydrogens (tertiary/aromatic N) is 2. The van der Waals surface area contributed by atoms with E-state index < -0.39 is 0 Å². The summed E-state index contributed by atoms with van der Waals surface area (Å²) >= 11 is 0. The largest absolute Gasteiger partial charge is 0.355 e. The van der Waals surface area contributed by atoms with E-state index in [1.807, 2.05) is 20.8 Å². The minimum atomic E-state index is -0.333. The van der Waals surface area contributed by atoms with Crippen LogP contribution in [0, 0.1) is 5.41 Å². The molecule has 0 aromatic carbocycles. The lowest BCUT2D eigenvalue weighted by Gasteiger charge is -2.17. The first kappa shape index (κ1) is 12.1. The molecule has 0 radical (unpaired) electrons. The second kappa shape index (κ2) is 4.47. The number of rotatable bonds is 4. The van der Waals surface area contributed by atoms with Crippen LogP contribution in [0.15, 0.2) is 0 Å². The van der Waals surface area contributed by atoms with Crippen LogP contribution >= 0.6 is 0 Å². The molecular formula is C12H20N4O. The minimum absolute atomic E-state index is 0.0689. The minimum Gasteiger partial charge on any atom is -0.355 e. The summed E-state index contributed by atoms with van der Waals surface area (Å²) in [5.74, 6) is 2.44. The van der Waals surface area contributed by atoms with Crippen LogP contribution < -0.4 is 5.32 Å². The fourth-order valence-corrected chi connectivity index (χ4v) is 1.51. The Kier molecular flexibility index (Phi) is 3.17. The molecule has 5 heteroatoms. The average Bonchev–Trinajstić information content (AvgIpc) is 2.98. The highest BCUT2D eigenvalue weighted by Crippen LogP contribution is 2.37. The van der Waals surface area contributed by atoms with E-state index in [1.54, 1.807) is 0 Å². The van der Waals surface area contributed by atoms with Gasteiger partial charge in [0.1, 0.15) is 5.82 Å². The number of nitrogens with one attached hydrogen (secondary N) is 2. The van der Waals surface area contributed by atoms with Crippen molar-refractivity contribution in [3.8, 4) is 0 Å². The van der Waals surface area contributed by atoms with Gasteiger partial charge in [0.2, 0.25) is 5.91 Å². The molecule has 1 aromatic heterocycles. The molecule has 94 valence electrons. The number of amides is 1. The first-order valence-corrected chi connectivity index (χ1v) is 6.16. The van der Waals surface area contributed by atoms with Gasteiger partial charge < -0.3 is 5.32 Å². The molecular weight excluding hydrogens is 216 g/mol. The number of carbonyl (C=O) groups is 1. The van der Waals surface area contributed by atoms with Gasteiger partial charge in [-0.05, 0) is 12.8 Å². The maximum Gasteiger partial charge on any atom is 0.225 e. The van der Waals surface area contributed by atoms with Crippen molar-refractivity contribution in [2.45, 2.75) is 46.0 Å². The fourth-order valence-electron chi connectivity index (χ4n) is 1.51. The van der Waals surface area contributed by atoms with Gasteiger partial charge in [-0.15, -0.1) is 0 Å². The number of hydrogen-bond donors (Lipinski definition) is 2. The summed E-state index contributed by atoms with van der Waals surface area (Å²) in [6.07, 6.45) is 3.12. The third kappa shape index (κ3) is 3.28. The van der Waals surface area contributed by atoms with Crippen molar-refractivity contribution in [2.75, 3.05) is 6.54 Å². The van der Waals surface area contributed by atoms with Gasteiger partial charge in [0, 0.05) is 24.3 Å². The molecule has 17 heavy (non-hydrogen) atoms. The zero-order valence-electron chi connectivity index (χ0n) is 10.7. The quantitative estimate of drug-likeness (QED) is 0.829. The molecule has 0 bridgehead atoms. The molecule has 1 aromatic rings. The summed E-state index contributed by atoms with van der Waals surface area (Å²) in [6.45, 7) is 6.32. The van der Waals surface area contributed by atoms with Gasteiger partial charge in [0.05, 0.1) is 0 Å². The van der Waals surface area contributed by atoms with E-state index >= 15 is 0 Å². The molecule has 0 unspecified atom stereocenters. The van der Waals surface area contributed by atoms with Crippen LogP contribution in [0.1, 0.15) is 51.2 Å². The van der Waals surface area contributed by atoms with Crippen LogP contribution in [0.2, 0.25) is 0 Å². The summed E-state index contributed by atoms with van der Waals surface area (Å²) < 4.78 is 0. The zero-order valence-corrected chi connectivity index (χ0v) is 10.7. The standard InChI is InChI=1S/C12H20N4O/c1-12(2,3)11(17)13-7-6-9-14-10(16-15-9)8-4-5-8/h8H,4-7H2,1-3H3,(H,13,17)(H,14,15,16). The summed E-state index contributed by atoms with van der Waals surface area (Å²) in [4.78, 5) is 16.0. The van der Waals surface area contributed by atoms with Crippen LogP contribution in [0.5, 0.6) is 0 Å². The molecule has 2 N–H and O–H groups in total. The molecule has 0 spiro atoms. The predicted molar refractivity (Wildman–Crippen MR) is 64.5 cm³/mol. The Balaban J connectivity index is 1.76. The van der Waals surface area contributed by atoms with Crippen molar-refractivity contribution in [3.63, 3.8) is 0 Å². The highest BCUT2D eigenvalue weighted by molar-refractivity contribution is 5.81. The summed E-state index contributed by atoms with van der Waals surface area (Å²) in [6, 6.07) is 0. The first-order valence-electron chi connectivity index (χ1n) is 6.16. The SMILES string of the molecule is CC(C)(C)C(=O)NCCc1nc(C2CC2)n[nH]1. The van der Waals surface area contributed by atoms with E-state index in [2.05, 4.69) is 20.5 Å². The Labute approximate surface area is 101 Å². The molecule has 0 atom stereocenters. The summed E-state index contributed by atoms with van der Waals surface area (Å²) in [5, 5.41) is 10.0. The van der Waals surface area contributed by atoms with Crippen LogP contribution in [0.3, 0.4) is 0 Å². The molecule has 2 rings (SSSR count). The van der Waals surface area contributed by atoms with Crippen molar-refractivity contribution in [2.24, 2.45) is 5.41 Å². The second-order valence-electron chi connectivity index (χ2n) is 5.67. The lowest BCUT2D eigenvalue weighted by Crippen LogP contribution is -2.36. The van der Waals surface area contributed by atoms with E-state index in [4.69, 9.17) is 0 Å². The Hall–Kier alpha value is -1.39. The van der Waals surface area contributed by atoms with Gasteiger partial charge in [0.25, 0.3) is 0 Å². The molecule has 1 heterocycles. The highest BCUT2D eigenvalue weighted by Gasteiger charge is 2.27. The number of aromatic nitrogens is 3. The highest BCUT2D eigenvalue weighted by atomic mass is 16.2. The number of H-pyrrole nitrogens is 1. The lowest BCUT2D eigenvalue weighted by atomic mass is 9.96. The van der Waals surface area contributed by atoms with Crippen LogP contribution in [0.4, 0.5) is 0 Å². The maximum atomic E-state index is 11.6. The number of hydrogen-bond acceptors (Lipinski definition) is 3. The van der Waals surface area contributed by atoms with E-state index in [9.17, 15) is 4.79 Å². The van der Waals surface area contributed by atoms with E-state index in [0.29, 0.717) is 18.9 Å². The number of carbonyl (C=O) groups excluding carboxylic acids is 1. The lowest BCUT2D eigenvalue weighted by molar-refractivity contribution is -0.128. The van der Waals surface area contributed by atoms with Crippen molar-refractivity contribution in [1.82, 2.24) is 20.5 Å². The zero-order chi connectivity index (χ0) is 12.5. The van der Waals surface area contributed by atoms with E-state index in [-0.39, 0.29) is 11.3 Å².